The number of carbonyl (C=O) groups is 2. The Labute approximate surface area is 217 Å². The lowest BCUT2D eigenvalue weighted by molar-refractivity contribution is -0.384. The summed E-state index contributed by atoms with van der Waals surface area (Å²) in [6.45, 7) is 2.55. The number of halogens is 1. The van der Waals surface area contributed by atoms with E-state index in [1.165, 1.54) is 32.0 Å². The predicted octanol–water partition coefficient (Wildman–Crippen LogP) is 3.08. The molecule has 5 rings (SSSR count). The normalized spacial score (nSPS) is 14.7. The number of nitrogens with one attached hydrogen (secondary N) is 1. The summed E-state index contributed by atoms with van der Waals surface area (Å²) >= 11 is 5.98. The molecule has 3 heterocycles. The van der Waals surface area contributed by atoms with Gasteiger partial charge in [-0.15, -0.1) is 10.2 Å². The number of hydrogen-bond donors (Lipinski definition) is 1. The van der Waals surface area contributed by atoms with E-state index in [0.717, 1.165) is 9.69 Å². The summed E-state index contributed by atoms with van der Waals surface area (Å²) in [5, 5.41) is 35.6. The molecule has 1 atom stereocenters. The standard InChI is InChI=1S/C22H16ClN9O6/c1-11(33)24-19-20(28-38-27-19)31-18(14-4-3-5-16(10-14)32(35)36)17(25-29-31)22-30(12(2)34)26-21(37-22)13-6-8-15(23)9-7-13/h3-10,22H,1-2H3,(H,24,27,33). The van der Waals surface area contributed by atoms with Crippen LogP contribution < -0.4 is 5.32 Å². The number of ether oxygens (including phenoxy) is 1. The number of benzene rings is 2. The van der Waals surface area contributed by atoms with Crippen molar-refractivity contribution < 1.29 is 23.9 Å². The number of nitro groups is 1. The van der Waals surface area contributed by atoms with Gasteiger partial charge >= 0.3 is 0 Å². The van der Waals surface area contributed by atoms with Crippen LogP contribution in [0.25, 0.3) is 17.1 Å². The molecule has 1 unspecified atom stereocenters. The SMILES string of the molecule is CC(=O)Nc1nonc1-n1nnc(C2OC(c3ccc(Cl)cc3)=NN2C(C)=O)c1-c1cccc([N+](=O)[O-])c1. The number of hydrazone groups is 1. The third kappa shape index (κ3) is 4.53. The summed E-state index contributed by atoms with van der Waals surface area (Å²) in [7, 11) is 0. The second-order valence-corrected chi connectivity index (χ2v) is 8.34. The monoisotopic (exact) mass is 537 g/mol. The molecule has 15 nitrogen and oxygen atoms in total. The number of rotatable bonds is 6. The van der Waals surface area contributed by atoms with Crippen LogP contribution in [-0.2, 0) is 14.3 Å². The third-order valence-corrected chi connectivity index (χ3v) is 5.54. The van der Waals surface area contributed by atoms with E-state index < -0.39 is 23.0 Å². The van der Waals surface area contributed by atoms with Gasteiger partial charge in [0.1, 0.15) is 5.69 Å². The number of amides is 2. The van der Waals surface area contributed by atoms with Gasteiger partial charge < -0.3 is 10.1 Å². The molecule has 0 radical (unpaired) electrons. The highest BCUT2D eigenvalue weighted by Gasteiger charge is 2.39. The van der Waals surface area contributed by atoms with Crippen LogP contribution in [0.5, 0.6) is 0 Å². The zero-order chi connectivity index (χ0) is 27.0. The number of carbonyl (C=O) groups excluding carboxylic acids is 2. The fourth-order valence-corrected chi connectivity index (χ4v) is 3.79. The summed E-state index contributed by atoms with van der Waals surface area (Å²) < 4.78 is 12.0. The highest BCUT2D eigenvalue weighted by molar-refractivity contribution is 6.30. The Morgan fingerprint density at radius 1 is 1.11 bits per heavy atom. The van der Waals surface area contributed by atoms with E-state index in [1.54, 1.807) is 30.3 Å². The van der Waals surface area contributed by atoms with Gasteiger partial charge in [-0.1, -0.05) is 28.9 Å². The van der Waals surface area contributed by atoms with Crippen molar-refractivity contribution in [1.82, 2.24) is 30.3 Å². The highest BCUT2D eigenvalue weighted by atomic mass is 35.5. The Hall–Kier alpha value is -5.18. The Balaban J connectivity index is 1.66. The molecule has 1 aliphatic rings. The first kappa shape index (κ1) is 24.5. The van der Waals surface area contributed by atoms with Crippen LogP contribution in [0.4, 0.5) is 11.5 Å². The summed E-state index contributed by atoms with van der Waals surface area (Å²) in [4.78, 5) is 35.1. The van der Waals surface area contributed by atoms with Crippen molar-refractivity contribution in [3.8, 4) is 17.1 Å². The molecule has 4 aromatic rings. The third-order valence-electron chi connectivity index (χ3n) is 5.28. The number of nitro benzene ring substituents is 1. The topological polar surface area (TPSA) is 184 Å². The van der Waals surface area contributed by atoms with Crippen LogP contribution in [0.1, 0.15) is 31.3 Å². The number of hydrogen-bond acceptors (Lipinski definition) is 11. The molecule has 192 valence electrons. The van der Waals surface area contributed by atoms with E-state index in [1.807, 2.05) is 0 Å². The number of aromatic nitrogens is 5. The van der Waals surface area contributed by atoms with E-state index in [4.69, 9.17) is 21.0 Å². The number of nitrogens with zero attached hydrogens (tertiary/aromatic N) is 8. The van der Waals surface area contributed by atoms with Gasteiger partial charge in [0.15, 0.2) is 5.69 Å². The Kier molecular flexibility index (Phi) is 6.26. The smallest absolute Gasteiger partial charge is 0.270 e. The van der Waals surface area contributed by atoms with E-state index in [2.05, 4.69) is 31.0 Å². The summed E-state index contributed by atoms with van der Waals surface area (Å²) in [6, 6.07) is 12.3. The Bertz CT molecular complexity index is 1600. The molecule has 0 bridgehead atoms. The minimum Gasteiger partial charge on any atom is -0.444 e. The van der Waals surface area contributed by atoms with E-state index in [9.17, 15) is 19.7 Å². The lowest BCUT2D eigenvalue weighted by atomic mass is 10.1. The fraction of sp³-hybridized carbons (Fsp3) is 0.136. The second-order valence-electron chi connectivity index (χ2n) is 7.91. The van der Waals surface area contributed by atoms with Gasteiger partial charge in [0.2, 0.25) is 35.6 Å². The summed E-state index contributed by atoms with van der Waals surface area (Å²) in [5.41, 5.74) is 0.838. The van der Waals surface area contributed by atoms with Gasteiger partial charge in [-0.3, -0.25) is 19.7 Å². The van der Waals surface area contributed by atoms with Gasteiger partial charge in [-0.05, 0) is 34.6 Å². The number of anilines is 1. The average Bonchev–Trinajstić information content (AvgIpc) is 3.62. The first-order valence-electron chi connectivity index (χ1n) is 10.8. The van der Waals surface area contributed by atoms with Crippen LogP contribution in [0.15, 0.2) is 58.3 Å². The lowest BCUT2D eigenvalue weighted by Gasteiger charge is -2.18. The quantitative estimate of drug-likeness (QED) is 0.283. The van der Waals surface area contributed by atoms with Crippen LogP contribution in [-0.4, -0.2) is 53.0 Å². The van der Waals surface area contributed by atoms with Gasteiger partial charge in [0.25, 0.3) is 5.69 Å². The van der Waals surface area contributed by atoms with Crippen LogP contribution >= 0.6 is 11.6 Å². The minimum atomic E-state index is -1.20. The van der Waals surface area contributed by atoms with Gasteiger partial charge in [0.05, 0.1) is 4.92 Å². The molecular formula is C22H16ClN9O6. The van der Waals surface area contributed by atoms with Crippen molar-refractivity contribution in [1.29, 1.82) is 0 Å². The van der Waals surface area contributed by atoms with E-state index in [-0.39, 0.29) is 40.2 Å². The predicted molar refractivity (Wildman–Crippen MR) is 130 cm³/mol. The van der Waals surface area contributed by atoms with Crippen molar-refractivity contribution in [2.24, 2.45) is 5.10 Å². The maximum Gasteiger partial charge on any atom is 0.270 e. The zero-order valence-electron chi connectivity index (χ0n) is 19.6. The molecule has 0 saturated heterocycles. The molecule has 1 N–H and O–H groups in total. The molecular weight excluding hydrogens is 522 g/mol. The Morgan fingerprint density at radius 3 is 2.55 bits per heavy atom. The van der Waals surface area contributed by atoms with Crippen molar-refractivity contribution in [2.75, 3.05) is 5.32 Å². The van der Waals surface area contributed by atoms with Crippen molar-refractivity contribution in [2.45, 2.75) is 20.1 Å². The maximum absolute atomic E-state index is 12.6. The molecule has 2 aromatic heterocycles. The molecule has 0 aliphatic carbocycles. The average molecular weight is 538 g/mol. The van der Waals surface area contributed by atoms with Crippen molar-refractivity contribution >= 4 is 40.8 Å². The first-order chi connectivity index (χ1) is 18.2. The molecule has 38 heavy (non-hydrogen) atoms. The van der Waals surface area contributed by atoms with Crippen molar-refractivity contribution in [3.05, 3.63) is 74.9 Å². The van der Waals surface area contributed by atoms with Crippen LogP contribution in [0.2, 0.25) is 5.02 Å². The zero-order valence-corrected chi connectivity index (χ0v) is 20.4. The van der Waals surface area contributed by atoms with Gasteiger partial charge in [0, 0.05) is 42.1 Å². The molecule has 0 saturated carbocycles. The summed E-state index contributed by atoms with van der Waals surface area (Å²) in [6.07, 6.45) is -1.20. The highest BCUT2D eigenvalue weighted by Crippen LogP contribution is 2.37. The molecule has 2 amide bonds. The van der Waals surface area contributed by atoms with Gasteiger partial charge in [-0.25, -0.2) is 4.63 Å². The second kappa shape index (κ2) is 9.70. The summed E-state index contributed by atoms with van der Waals surface area (Å²) in [5.74, 6) is -0.952. The van der Waals surface area contributed by atoms with Crippen LogP contribution in [0.3, 0.4) is 0 Å². The van der Waals surface area contributed by atoms with Crippen molar-refractivity contribution in [3.63, 3.8) is 0 Å². The number of non-ortho nitro benzene ring substituents is 1. The largest absolute Gasteiger partial charge is 0.444 e. The van der Waals surface area contributed by atoms with Gasteiger partial charge in [-0.2, -0.15) is 9.69 Å². The molecule has 0 fully saturated rings. The Morgan fingerprint density at radius 2 is 1.87 bits per heavy atom. The maximum atomic E-state index is 12.6. The minimum absolute atomic E-state index is 0.0633. The first-order valence-corrected chi connectivity index (χ1v) is 11.2. The lowest BCUT2D eigenvalue weighted by Crippen LogP contribution is -2.26. The molecule has 2 aromatic carbocycles. The van der Waals surface area contributed by atoms with E-state index >= 15 is 0 Å². The molecule has 1 aliphatic heterocycles. The molecule has 16 heteroatoms. The van der Waals surface area contributed by atoms with Crippen LogP contribution in [0, 0.1) is 10.1 Å². The van der Waals surface area contributed by atoms with E-state index in [0.29, 0.717) is 10.6 Å². The molecule has 0 spiro atoms. The fourth-order valence-electron chi connectivity index (χ4n) is 3.67.